The van der Waals surface area contributed by atoms with Crippen LogP contribution in [0.5, 0.6) is 0 Å². The highest BCUT2D eigenvalue weighted by Gasteiger charge is 2.47. The molecule has 1 saturated carbocycles. The van der Waals surface area contributed by atoms with Crippen molar-refractivity contribution < 1.29 is 9.18 Å². The number of imidazole rings is 1. The lowest BCUT2D eigenvalue weighted by atomic mass is 10.0. The number of alkyl halides is 1. The zero-order chi connectivity index (χ0) is 30.7. The molecule has 10 nitrogen and oxygen atoms in total. The molecule has 1 aliphatic heterocycles. The number of carbonyl (C=O) groups is 1. The topological polar surface area (TPSA) is 120 Å². The van der Waals surface area contributed by atoms with Gasteiger partial charge in [-0.3, -0.25) is 9.36 Å². The second kappa shape index (κ2) is 10.6. The largest absolute Gasteiger partial charge is 0.383 e. The normalized spacial score (nSPS) is 19.1. The fraction of sp³-hybridized carbons (Fsp3) is 0.324. The molecule has 11 heteroatoms. The number of nitrogens with zero attached hydrogens (tertiary/aromatic N) is 7. The second-order valence-electron chi connectivity index (χ2n) is 12.3. The van der Waals surface area contributed by atoms with Crippen LogP contribution in [0.3, 0.4) is 0 Å². The maximum atomic E-state index is 14.7. The lowest BCUT2D eigenvalue weighted by Crippen LogP contribution is -2.45. The first-order valence-electron chi connectivity index (χ1n) is 15.6. The van der Waals surface area contributed by atoms with E-state index < -0.39 is 5.67 Å². The van der Waals surface area contributed by atoms with Gasteiger partial charge in [0, 0.05) is 43.3 Å². The third-order valence-corrected chi connectivity index (χ3v) is 9.42. The molecule has 2 fully saturated rings. The van der Waals surface area contributed by atoms with Gasteiger partial charge >= 0.3 is 0 Å². The quantitative estimate of drug-likeness (QED) is 0.252. The van der Waals surface area contributed by atoms with Crippen molar-refractivity contribution >= 4 is 22.9 Å². The van der Waals surface area contributed by atoms with Gasteiger partial charge in [0.1, 0.15) is 17.0 Å². The number of nitrogen functional groups attached to an aromatic ring is 1. The van der Waals surface area contributed by atoms with Gasteiger partial charge in [-0.1, -0.05) is 12.6 Å². The van der Waals surface area contributed by atoms with Gasteiger partial charge in [0.05, 0.1) is 5.56 Å². The van der Waals surface area contributed by atoms with E-state index >= 15 is 0 Å². The minimum atomic E-state index is -1.32. The van der Waals surface area contributed by atoms with Gasteiger partial charge in [-0.25, -0.2) is 24.0 Å². The van der Waals surface area contributed by atoms with Crippen molar-refractivity contribution in [3.05, 3.63) is 90.4 Å². The van der Waals surface area contributed by atoms with Crippen molar-refractivity contribution in [2.75, 3.05) is 18.8 Å². The average molecular weight is 604 g/mol. The number of aryl methyl sites for hydroxylation is 1. The van der Waals surface area contributed by atoms with Crippen molar-refractivity contribution in [3.63, 3.8) is 0 Å². The Bertz CT molecular complexity index is 1950. The number of rotatable bonds is 7. The molecular weight excluding hydrogens is 569 g/mol. The summed E-state index contributed by atoms with van der Waals surface area (Å²) in [4.78, 5) is 28.2. The van der Waals surface area contributed by atoms with Crippen LogP contribution in [0.15, 0.2) is 73.6 Å². The first kappa shape index (κ1) is 27.6. The van der Waals surface area contributed by atoms with E-state index in [1.54, 1.807) is 23.1 Å². The molecular formula is C34H34FN9O. The predicted molar refractivity (Wildman–Crippen MR) is 170 cm³/mol. The van der Waals surface area contributed by atoms with Crippen LogP contribution in [0, 0.1) is 0 Å². The van der Waals surface area contributed by atoms with Crippen LogP contribution in [-0.2, 0) is 16.9 Å². The molecule has 5 aromatic rings. The zero-order valence-electron chi connectivity index (χ0n) is 24.9. The van der Waals surface area contributed by atoms with Gasteiger partial charge in [-0.15, -0.1) is 0 Å². The van der Waals surface area contributed by atoms with E-state index in [-0.39, 0.29) is 11.9 Å². The fourth-order valence-corrected chi connectivity index (χ4v) is 6.76. The lowest BCUT2D eigenvalue weighted by molar-refractivity contribution is -0.127. The molecule has 1 unspecified atom stereocenters. The summed E-state index contributed by atoms with van der Waals surface area (Å²) in [5.74, 6) is 1.62. The number of halogens is 1. The van der Waals surface area contributed by atoms with Gasteiger partial charge < -0.3 is 16.0 Å². The summed E-state index contributed by atoms with van der Waals surface area (Å²) in [6.45, 7) is 5.12. The Labute approximate surface area is 259 Å². The van der Waals surface area contributed by atoms with Gasteiger partial charge in [0.2, 0.25) is 5.91 Å². The second-order valence-corrected chi connectivity index (χ2v) is 12.3. The minimum absolute atomic E-state index is 0.00835. The zero-order valence-corrected chi connectivity index (χ0v) is 24.9. The average Bonchev–Trinajstić information content (AvgIpc) is 3.41. The van der Waals surface area contributed by atoms with E-state index in [0.29, 0.717) is 58.8 Å². The fourth-order valence-electron chi connectivity index (χ4n) is 6.76. The van der Waals surface area contributed by atoms with Crippen LogP contribution < -0.4 is 11.1 Å². The highest BCUT2D eigenvalue weighted by atomic mass is 19.1. The van der Waals surface area contributed by atoms with Crippen molar-refractivity contribution in [2.45, 2.75) is 56.3 Å². The number of piperidine rings is 1. The Morgan fingerprint density at radius 2 is 1.93 bits per heavy atom. The summed E-state index contributed by atoms with van der Waals surface area (Å²) in [7, 11) is 0. The monoisotopic (exact) mass is 603 g/mol. The predicted octanol–water partition coefficient (Wildman–Crippen LogP) is 4.96. The molecule has 45 heavy (non-hydrogen) atoms. The van der Waals surface area contributed by atoms with Crippen LogP contribution in [-0.4, -0.2) is 59.2 Å². The van der Waals surface area contributed by atoms with Gasteiger partial charge in [0.25, 0.3) is 0 Å². The van der Waals surface area contributed by atoms with Crippen LogP contribution >= 0.6 is 0 Å². The molecule has 1 saturated heterocycles. The van der Waals surface area contributed by atoms with Gasteiger partial charge in [0.15, 0.2) is 23.0 Å². The maximum absolute atomic E-state index is 14.7. The van der Waals surface area contributed by atoms with Crippen LogP contribution in [0.1, 0.15) is 55.0 Å². The van der Waals surface area contributed by atoms with Crippen LogP contribution in [0.2, 0.25) is 0 Å². The lowest BCUT2D eigenvalue weighted by Gasteiger charge is -2.33. The molecule has 5 heterocycles. The van der Waals surface area contributed by atoms with E-state index in [1.807, 2.05) is 33.7 Å². The Morgan fingerprint density at radius 1 is 1.09 bits per heavy atom. The molecule has 0 bridgehead atoms. The number of benzene rings is 1. The van der Waals surface area contributed by atoms with Crippen molar-refractivity contribution in [2.24, 2.45) is 0 Å². The standard InChI is InChI=1S/C34H34FN9O/c1-2-30(45)42-17-11-22(12-18-42)38-26-8-5-21-20-23(6-7-24(21)26)44-32(25-4-3-16-37-31(25)36)39-27-9-10-29(40-33(27)44)43-19-13-28(41-43)34(35)14-15-34/h2-4,6-7,9-10,13,16,19-20,22,26,38H,1,5,8,11-12,14-15,17-18H2,(H2,36,37). The van der Waals surface area contributed by atoms with E-state index in [0.717, 1.165) is 44.5 Å². The first-order chi connectivity index (χ1) is 21.9. The van der Waals surface area contributed by atoms with Gasteiger partial charge in [-0.05, 0) is 98.2 Å². The third kappa shape index (κ3) is 4.87. The van der Waals surface area contributed by atoms with E-state index in [9.17, 15) is 9.18 Å². The Morgan fingerprint density at radius 3 is 2.71 bits per heavy atom. The Hall–Kier alpha value is -4.90. The molecule has 2 aliphatic carbocycles. The number of nitrogens with two attached hydrogens (primary N) is 1. The number of fused-ring (bicyclic) bond motifs is 2. The van der Waals surface area contributed by atoms with E-state index in [1.165, 1.54) is 17.2 Å². The molecule has 1 atom stereocenters. The molecule has 0 spiro atoms. The molecule has 8 rings (SSSR count). The van der Waals surface area contributed by atoms with E-state index in [4.69, 9.17) is 15.7 Å². The number of nitrogens with one attached hydrogen (secondary N) is 1. The van der Waals surface area contributed by atoms with Crippen LogP contribution in [0.4, 0.5) is 10.2 Å². The third-order valence-electron chi connectivity index (χ3n) is 9.42. The number of amides is 1. The summed E-state index contributed by atoms with van der Waals surface area (Å²) < 4.78 is 18.4. The Kier molecular flexibility index (Phi) is 6.52. The summed E-state index contributed by atoms with van der Waals surface area (Å²) in [5, 5.41) is 8.38. The number of carbonyl (C=O) groups excluding carboxylic acids is 1. The molecule has 0 radical (unpaired) electrons. The summed E-state index contributed by atoms with van der Waals surface area (Å²) in [6, 6.07) is 16.4. The minimum Gasteiger partial charge on any atom is -0.383 e. The maximum Gasteiger partial charge on any atom is 0.245 e. The Balaban J connectivity index is 1.14. The number of aromatic nitrogens is 6. The summed E-state index contributed by atoms with van der Waals surface area (Å²) >= 11 is 0. The molecule has 228 valence electrons. The van der Waals surface area contributed by atoms with Gasteiger partial charge in [-0.2, -0.15) is 5.10 Å². The molecule has 3 N–H and O–H groups in total. The van der Waals surface area contributed by atoms with Crippen molar-refractivity contribution in [1.29, 1.82) is 0 Å². The SMILES string of the molecule is C=CC(=O)N1CCC(NC2CCc3cc(-n4c(-c5cccnc5N)nc5ccc(-n6ccc(C7(F)CC7)n6)nc54)ccc32)CC1. The summed E-state index contributed by atoms with van der Waals surface area (Å²) in [5.41, 5.74) is 11.1. The number of likely N-dealkylation sites (tertiary alicyclic amines) is 1. The molecule has 1 aromatic carbocycles. The smallest absolute Gasteiger partial charge is 0.245 e. The highest BCUT2D eigenvalue weighted by molar-refractivity contribution is 5.87. The van der Waals surface area contributed by atoms with Crippen molar-refractivity contribution in [1.82, 2.24) is 39.5 Å². The number of hydrogen-bond donors (Lipinski definition) is 2. The number of pyridine rings is 2. The number of hydrogen-bond acceptors (Lipinski definition) is 7. The molecule has 4 aromatic heterocycles. The van der Waals surface area contributed by atoms with Crippen LogP contribution in [0.25, 0.3) is 34.1 Å². The van der Waals surface area contributed by atoms with Crippen molar-refractivity contribution in [3.8, 4) is 22.9 Å². The number of anilines is 1. The highest BCUT2D eigenvalue weighted by Crippen LogP contribution is 2.48. The molecule has 3 aliphatic rings. The first-order valence-corrected chi connectivity index (χ1v) is 15.6. The summed E-state index contributed by atoms with van der Waals surface area (Å²) in [6.07, 6.45) is 9.65. The van der Waals surface area contributed by atoms with E-state index in [2.05, 4.69) is 40.2 Å². The molecule has 1 amide bonds.